The maximum atomic E-state index is 11.6. The molecule has 0 bridgehead atoms. The molecule has 0 aliphatic heterocycles. The number of anilines is 1. The topological polar surface area (TPSA) is 112 Å². The molecule has 0 aliphatic carbocycles. The maximum absolute atomic E-state index is 11.6. The third-order valence-corrected chi connectivity index (χ3v) is 2.80. The van der Waals surface area contributed by atoms with Crippen molar-refractivity contribution < 1.29 is 9.59 Å². The minimum Gasteiger partial charge on any atom is -0.399 e. The number of amides is 2. The van der Waals surface area contributed by atoms with Gasteiger partial charge in [0, 0.05) is 5.69 Å². The van der Waals surface area contributed by atoms with Gasteiger partial charge in [-0.2, -0.15) is 0 Å². The van der Waals surface area contributed by atoms with Crippen LogP contribution in [0.2, 0.25) is 0 Å². The Morgan fingerprint density at radius 2 is 1.47 bits per heavy atom. The van der Waals surface area contributed by atoms with Gasteiger partial charge < -0.3 is 17.2 Å². The molecule has 0 saturated heterocycles. The number of hydrogen-bond donors (Lipinski definition) is 3. The van der Waals surface area contributed by atoms with Crippen LogP contribution in [0.5, 0.6) is 0 Å². The van der Waals surface area contributed by atoms with E-state index in [2.05, 4.69) is 0 Å². The van der Waals surface area contributed by atoms with Gasteiger partial charge in [0.15, 0.2) is 0 Å². The Balaban J connectivity index is 2.69. The molecular formula is C14H13N3O2. The van der Waals surface area contributed by atoms with E-state index in [0.29, 0.717) is 11.3 Å². The van der Waals surface area contributed by atoms with E-state index in [1.807, 2.05) is 0 Å². The number of rotatable bonds is 3. The molecule has 0 spiro atoms. The first kappa shape index (κ1) is 12.6. The number of nitrogens with two attached hydrogens (primary N) is 3. The lowest BCUT2D eigenvalue weighted by Crippen LogP contribution is -2.21. The summed E-state index contributed by atoms with van der Waals surface area (Å²) < 4.78 is 0. The van der Waals surface area contributed by atoms with Crippen LogP contribution in [0, 0.1) is 0 Å². The van der Waals surface area contributed by atoms with Crippen LogP contribution in [0.4, 0.5) is 5.69 Å². The number of hydrogen-bond acceptors (Lipinski definition) is 3. The number of carbonyl (C=O) groups is 2. The zero-order valence-electron chi connectivity index (χ0n) is 10.1. The predicted octanol–water partition coefficient (Wildman–Crippen LogP) is 1.13. The molecule has 5 nitrogen and oxygen atoms in total. The second kappa shape index (κ2) is 4.81. The van der Waals surface area contributed by atoms with E-state index in [9.17, 15) is 9.59 Å². The van der Waals surface area contributed by atoms with E-state index in [1.54, 1.807) is 36.4 Å². The fourth-order valence-corrected chi connectivity index (χ4v) is 1.93. The summed E-state index contributed by atoms with van der Waals surface area (Å²) in [5.41, 5.74) is 18.4. The van der Waals surface area contributed by atoms with Crippen LogP contribution in [-0.2, 0) is 0 Å². The number of benzene rings is 2. The summed E-state index contributed by atoms with van der Waals surface area (Å²) in [5.74, 6) is -1.38. The van der Waals surface area contributed by atoms with Crippen LogP contribution in [0.1, 0.15) is 20.7 Å². The zero-order chi connectivity index (χ0) is 14.0. The molecule has 2 rings (SSSR count). The molecule has 5 heteroatoms. The predicted molar refractivity (Wildman–Crippen MR) is 73.3 cm³/mol. The van der Waals surface area contributed by atoms with Crippen LogP contribution in [-0.4, -0.2) is 11.8 Å². The molecule has 0 aromatic heterocycles. The normalized spacial score (nSPS) is 10.1. The summed E-state index contributed by atoms with van der Waals surface area (Å²) in [4.78, 5) is 22.9. The van der Waals surface area contributed by atoms with Crippen molar-refractivity contribution in [3.8, 4) is 11.1 Å². The highest BCUT2D eigenvalue weighted by atomic mass is 16.2. The summed E-state index contributed by atoms with van der Waals surface area (Å²) in [6, 6.07) is 11.7. The molecule has 2 aromatic carbocycles. The Morgan fingerprint density at radius 3 is 2.00 bits per heavy atom. The molecule has 0 fully saturated rings. The molecule has 0 atom stereocenters. The van der Waals surface area contributed by atoms with E-state index >= 15 is 0 Å². The lowest BCUT2D eigenvalue weighted by atomic mass is 9.94. The van der Waals surface area contributed by atoms with Gasteiger partial charge in [-0.15, -0.1) is 0 Å². The third kappa shape index (κ3) is 2.40. The van der Waals surface area contributed by atoms with E-state index in [1.165, 1.54) is 6.07 Å². The average Bonchev–Trinajstić information content (AvgIpc) is 2.38. The monoisotopic (exact) mass is 255 g/mol. The van der Waals surface area contributed by atoms with Crippen molar-refractivity contribution in [3.63, 3.8) is 0 Å². The fourth-order valence-electron chi connectivity index (χ4n) is 1.93. The van der Waals surface area contributed by atoms with Crippen molar-refractivity contribution in [1.82, 2.24) is 0 Å². The molecule has 0 saturated carbocycles. The summed E-state index contributed by atoms with van der Waals surface area (Å²) in [7, 11) is 0. The molecular weight excluding hydrogens is 242 g/mol. The summed E-state index contributed by atoms with van der Waals surface area (Å²) in [6.45, 7) is 0. The second-order valence-electron chi connectivity index (χ2n) is 4.08. The number of carbonyl (C=O) groups excluding carboxylic acids is 2. The van der Waals surface area contributed by atoms with Crippen molar-refractivity contribution in [1.29, 1.82) is 0 Å². The third-order valence-electron chi connectivity index (χ3n) is 2.80. The van der Waals surface area contributed by atoms with Crippen molar-refractivity contribution >= 4 is 17.5 Å². The Hall–Kier alpha value is -2.82. The molecule has 0 aliphatic rings. The number of nitrogen functional groups attached to an aromatic ring is 1. The molecule has 0 heterocycles. The summed E-state index contributed by atoms with van der Waals surface area (Å²) >= 11 is 0. The standard InChI is InChI=1S/C14H13N3O2/c15-9-6-4-8(5-7-9)10-2-1-3-11(13(16)18)12(10)14(17)19/h1-7H,15H2,(H2,16,18)(H2,17,19). The van der Waals surface area contributed by atoms with Gasteiger partial charge in [-0.1, -0.05) is 24.3 Å². The van der Waals surface area contributed by atoms with E-state index < -0.39 is 11.8 Å². The van der Waals surface area contributed by atoms with Gasteiger partial charge in [-0.3, -0.25) is 9.59 Å². The van der Waals surface area contributed by atoms with Crippen LogP contribution < -0.4 is 17.2 Å². The highest BCUT2D eigenvalue weighted by Gasteiger charge is 2.17. The van der Waals surface area contributed by atoms with Crippen molar-refractivity contribution in [2.24, 2.45) is 11.5 Å². The first-order valence-electron chi connectivity index (χ1n) is 5.59. The van der Waals surface area contributed by atoms with Crippen molar-refractivity contribution in [2.75, 3.05) is 5.73 Å². The molecule has 19 heavy (non-hydrogen) atoms. The Morgan fingerprint density at radius 1 is 0.842 bits per heavy atom. The minimum atomic E-state index is -0.693. The Labute approximate surface area is 110 Å². The van der Waals surface area contributed by atoms with Gasteiger partial charge in [0.25, 0.3) is 0 Å². The molecule has 2 amide bonds. The van der Waals surface area contributed by atoms with Crippen LogP contribution in [0.25, 0.3) is 11.1 Å². The van der Waals surface area contributed by atoms with Gasteiger partial charge in [0.1, 0.15) is 0 Å². The van der Waals surface area contributed by atoms with Crippen molar-refractivity contribution in [3.05, 3.63) is 53.6 Å². The lowest BCUT2D eigenvalue weighted by molar-refractivity contribution is 0.0968. The van der Waals surface area contributed by atoms with Gasteiger partial charge in [-0.05, 0) is 29.3 Å². The van der Waals surface area contributed by atoms with E-state index in [4.69, 9.17) is 17.2 Å². The summed E-state index contributed by atoms with van der Waals surface area (Å²) in [6.07, 6.45) is 0. The van der Waals surface area contributed by atoms with Gasteiger partial charge >= 0.3 is 0 Å². The van der Waals surface area contributed by atoms with Crippen LogP contribution in [0.3, 0.4) is 0 Å². The minimum absolute atomic E-state index is 0.113. The van der Waals surface area contributed by atoms with E-state index in [-0.39, 0.29) is 11.1 Å². The van der Waals surface area contributed by atoms with Gasteiger partial charge in [0.05, 0.1) is 11.1 Å². The molecule has 6 N–H and O–H groups in total. The molecule has 0 radical (unpaired) electrons. The highest BCUT2D eigenvalue weighted by Crippen LogP contribution is 2.26. The van der Waals surface area contributed by atoms with Gasteiger partial charge in [0.2, 0.25) is 11.8 Å². The largest absolute Gasteiger partial charge is 0.399 e. The smallest absolute Gasteiger partial charge is 0.250 e. The summed E-state index contributed by atoms with van der Waals surface area (Å²) in [5, 5.41) is 0. The fraction of sp³-hybridized carbons (Fsp3) is 0. The highest BCUT2D eigenvalue weighted by molar-refractivity contribution is 6.10. The molecule has 0 unspecified atom stereocenters. The number of primary amides is 2. The zero-order valence-corrected chi connectivity index (χ0v) is 10.1. The first-order valence-corrected chi connectivity index (χ1v) is 5.59. The van der Waals surface area contributed by atoms with Crippen LogP contribution >= 0.6 is 0 Å². The van der Waals surface area contributed by atoms with Crippen LogP contribution in [0.15, 0.2) is 42.5 Å². The van der Waals surface area contributed by atoms with Gasteiger partial charge in [-0.25, -0.2) is 0 Å². The second-order valence-corrected chi connectivity index (χ2v) is 4.08. The van der Waals surface area contributed by atoms with E-state index in [0.717, 1.165) is 5.56 Å². The quantitative estimate of drug-likeness (QED) is 0.714. The average molecular weight is 255 g/mol. The lowest BCUT2D eigenvalue weighted by Gasteiger charge is -2.10. The Bertz CT molecular complexity index is 648. The molecule has 96 valence electrons. The Kier molecular flexibility index (Phi) is 3.20. The first-order chi connectivity index (χ1) is 9.00. The SMILES string of the molecule is NC(=O)c1cccc(-c2ccc(N)cc2)c1C(N)=O. The van der Waals surface area contributed by atoms with Crippen molar-refractivity contribution in [2.45, 2.75) is 0 Å². The maximum Gasteiger partial charge on any atom is 0.250 e. The molecule has 2 aromatic rings.